The van der Waals surface area contributed by atoms with Crippen molar-refractivity contribution in [2.45, 2.75) is 110 Å². The Balaban J connectivity index is 0.00000137. The number of hydrogen-bond donors (Lipinski definition) is 1. The van der Waals surface area contributed by atoms with E-state index in [1.807, 2.05) is 0 Å². The van der Waals surface area contributed by atoms with E-state index < -0.39 is 125 Å². The maximum absolute atomic E-state index is 13.9. The number of rotatable bonds is 19. The van der Waals surface area contributed by atoms with Crippen LogP contribution < -0.4 is 9.79 Å². The zero-order valence-corrected chi connectivity index (χ0v) is 40.0. The lowest BCUT2D eigenvalue weighted by Gasteiger charge is -2.48. The largest absolute Gasteiger partial charge is 0.566 e. The van der Waals surface area contributed by atoms with Gasteiger partial charge in [0.2, 0.25) is 0 Å². The molecule has 11 atom stereocenters. The Morgan fingerprint density at radius 2 is 0.870 bits per heavy atom. The van der Waals surface area contributed by atoms with Crippen LogP contribution >= 0.6 is 8.25 Å². The second-order valence-electron chi connectivity index (χ2n) is 15.3. The quantitative estimate of drug-likeness (QED) is 0.103. The lowest BCUT2D eigenvalue weighted by Crippen LogP contribution is -3.11. The molecule has 2 fully saturated rings. The number of hydrogen-bond acceptors (Lipinski definition) is 20. The molecule has 3 aromatic carbocycles. The second-order valence-corrected chi connectivity index (χ2v) is 15.9. The standard InChI is InChI=1S/C41H41O20P.C6H15N/c1-22(42)51-20-29-31(53-23(2)43)33(54-24(3)44)35(55-25(4)45)40(56-29)60-32-30(21-52-37(46)26-14-8-5-9-15-26)57-41(61-62(49)50)36(59-39(48)28-18-12-7-13-19-28)34(32)58-38(47)27-16-10-6-11-17-27;1-4-7(5-2)6-3/h5-19,29-36,40-41H,20-21H2,1-4H3;4-6H2,1-3H3/p+1/t29-,30-,31+,32-,33+,34-,35-,36+,40+,41-;/m1./s1. The Bertz CT molecular complexity index is 2170. The van der Waals surface area contributed by atoms with Crippen molar-refractivity contribution in [1.82, 2.24) is 0 Å². The Labute approximate surface area is 399 Å². The van der Waals surface area contributed by atoms with Crippen molar-refractivity contribution in [3.63, 3.8) is 0 Å². The van der Waals surface area contributed by atoms with Gasteiger partial charge in [0, 0.05) is 27.7 Å². The van der Waals surface area contributed by atoms with E-state index in [9.17, 15) is 43.0 Å². The predicted molar refractivity (Wildman–Crippen MR) is 235 cm³/mol. The van der Waals surface area contributed by atoms with E-state index in [0.717, 1.165) is 27.7 Å². The normalized spacial score (nSPS) is 24.2. The van der Waals surface area contributed by atoms with Gasteiger partial charge in [0.15, 0.2) is 36.8 Å². The molecule has 1 N–H and O–H groups in total. The molecule has 2 saturated heterocycles. The van der Waals surface area contributed by atoms with Crippen LogP contribution in [0.1, 0.15) is 79.5 Å². The third kappa shape index (κ3) is 17.1. The fourth-order valence-corrected chi connectivity index (χ4v) is 7.50. The molecule has 2 aliphatic heterocycles. The van der Waals surface area contributed by atoms with Crippen LogP contribution in [0.4, 0.5) is 0 Å². The summed E-state index contributed by atoms with van der Waals surface area (Å²) in [7, 11) is -3.80. The summed E-state index contributed by atoms with van der Waals surface area (Å²) < 4.78 is 74.9. The van der Waals surface area contributed by atoms with Crippen LogP contribution in [0.3, 0.4) is 0 Å². The van der Waals surface area contributed by atoms with Crippen LogP contribution in [0.5, 0.6) is 0 Å². The van der Waals surface area contributed by atoms with Gasteiger partial charge in [0.25, 0.3) is 6.29 Å². The molecule has 5 rings (SSSR count). The average Bonchev–Trinajstić information content (AvgIpc) is 3.32. The van der Waals surface area contributed by atoms with Crippen LogP contribution in [0.15, 0.2) is 91.0 Å². The van der Waals surface area contributed by atoms with Crippen molar-refractivity contribution < 1.29 is 99.8 Å². The van der Waals surface area contributed by atoms with Gasteiger partial charge in [0.05, 0.1) is 36.3 Å². The van der Waals surface area contributed by atoms with Crippen LogP contribution in [0, 0.1) is 0 Å². The van der Waals surface area contributed by atoms with E-state index in [4.69, 9.17) is 51.9 Å². The van der Waals surface area contributed by atoms with Crippen LogP contribution in [0.2, 0.25) is 0 Å². The highest BCUT2D eigenvalue weighted by molar-refractivity contribution is 7.30. The van der Waals surface area contributed by atoms with Gasteiger partial charge < -0.3 is 57.2 Å². The number of carbonyl (C=O) groups is 7. The summed E-state index contributed by atoms with van der Waals surface area (Å²) >= 11 is 0. The van der Waals surface area contributed by atoms with Crippen molar-refractivity contribution >= 4 is 50.0 Å². The monoisotopic (exact) mass is 986 g/mol. The van der Waals surface area contributed by atoms with Crippen molar-refractivity contribution in [2.24, 2.45) is 0 Å². The Morgan fingerprint density at radius 1 is 0.493 bits per heavy atom. The van der Waals surface area contributed by atoms with E-state index >= 15 is 0 Å². The molecule has 374 valence electrons. The number of esters is 7. The summed E-state index contributed by atoms with van der Waals surface area (Å²) in [6.07, 6.45) is -18.4. The van der Waals surface area contributed by atoms with Crippen LogP contribution in [-0.4, -0.2) is 136 Å². The maximum Gasteiger partial charge on any atom is 0.491 e. The molecule has 2 heterocycles. The van der Waals surface area contributed by atoms with Gasteiger partial charge in [-0.15, -0.1) is 4.52 Å². The third-order valence-corrected chi connectivity index (χ3v) is 10.8. The first kappa shape index (κ1) is 55.4. The number of quaternary nitrogens is 1. The van der Waals surface area contributed by atoms with Gasteiger partial charge in [0.1, 0.15) is 31.5 Å². The lowest BCUT2D eigenvalue weighted by atomic mass is 9.96. The number of benzene rings is 3. The first-order valence-corrected chi connectivity index (χ1v) is 23.1. The molecule has 0 spiro atoms. The molecule has 2 aliphatic rings. The van der Waals surface area contributed by atoms with Crippen molar-refractivity contribution in [2.75, 3.05) is 32.8 Å². The predicted octanol–water partition coefficient (Wildman–Crippen LogP) is 2.45. The molecule has 69 heavy (non-hydrogen) atoms. The molecule has 3 aromatic rings. The van der Waals surface area contributed by atoms with Gasteiger partial charge >= 0.3 is 50.0 Å². The van der Waals surface area contributed by atoms with E-state index in [2.05, 4.69) is 20.8 Å². The molecule has 0 bridgehead atoms. The smallest absolute Gasteiger partial charge is 0.491 e. The lowest BCUT2D eigenvalue weighted by molar-refractivity contribution is -0.894. The molecule has 0 saturated carbocycles. The van der Waals surface area contributed by atoms with Crippen molar-refractivity contribution in [3.8, 4) is 0 Å². The summed E-state index contributed by atoms with van der Waals surface area (Å²) in [5.74, 6) is -6.72. The zero-order chi connectivity index (χ0) is 50.6. The van der Waals surface area contributed by atoms with Gasteiger partial charge in [-0.3, -0.25) is 19.2 Å². The first-order chi connectivity index (χ1) is 32.9. The molecule has 0 aromatic heterocycles. The average molecular weight is 987 g/mol. The molecule has 21 nitrogen and oxygen atoms in total. The highest BCUT2D eigenvalue weighted by Crippen LogP contribution is 2.37. The summed E-state index contributed by atoms with van der Waals surface area (Å²) in [5, 5.41) is 0. The van der Waals surface area contributed by atoms with Gasteiger partial charge in [-0.2, -0.15) is 0 Å². The van der Waals surface area contributed by atoms with E-state index in [1.165, 1.54) is 80.3 Å². The summed E-state index contributed by atoms with van der Waals surface area (Å²) in [6, 6.07) is 22.4. The van der Waals surface area contributed by atoms with Gasteiger partial charge in [-0.25, -0.2) is 14.4 Å². The van der Waals surface area contributed by atoms with E-state index in [-0.39, 0.29) is 16.7 Å². The number of ether oxygens (including phenoxy) is 10. The molecule has 0 aliphatic carbocycles. The van der Waals surface area contributed by atoms with Crippen LogP contribution in [0.25, 0.3) is 0 Å². The fourth-order valence-electron chi connectivity index (χ4n) is 7.16. The van der Waals surface area contributed by atoms with Crippen molar-refractivity contribution in [1.29, 1.82) is 0 Å². The molecular formula is C47H57NO20P+. The first-order valence-electron chi connectivity index (χ1n) is 22.0. The molecule has 22 heteroatoms. The Hall–Kier alpha value is -6.19. The van der Waals surface area contributed by atoms with Gasteiger partial charge in [-0.1, -0.05) is 54.6 Å². The highest BCUT2D eigenvalue weighted by atomic mass is 31.1. The minimum atomic E-state index is -3.80. The summed E-state index contributed by atoms with van der Waals surface area (Å²) in [6.45, 7) is 13.1. The molecule has 1 unspecified atom stereocenters. The Kier molecular flexibility index (Phi) is 22.3. The third-order valence-electron chi connectivity index (χ3n) is 10.4. The van der Waals surface area contributed by atoms with Crippen molar-refractivity contribution in [3.05, 3.63) is 108 Å². The SMILES string of the molecule is CC(=O)OC[C@H]1O[C@@H](O[C@H]2[C@@H](OC(=O)c3ccccc3)[C@H](OC(=O)c3ccccc3)[C@@H](O[P+](=O)[O-])O[C@@H]2COC(=O)c2ccccc2)[C@H](OC(C)=O)[C@@H](OC(C)=O)[C@H]1OC(C)=O.CC[NH+](CC)CC. The fraction of sp³-hybridized carbons (Fsp3) is 0.468. The maximum atomic E-state index is 13.9. The highest BCUT2D eigenvalue weighted by Gasteiger charge is 2.59. The molecule has 0 radical (unpaired) electrons. The number of carbonyl (C=O) groups excluding carboxylic acids is 7. The minimum absolute atomic E-state index is 0.0399. The van der Waals surface area contributed by atoms with Gasteiger partial charge in [-0.05, 0) is 61.7 Å². The Morgan fingerprint density at radius 3 is 1.30 bits per heavy atom. The molecule has 0 amide bonds. The summed E-state index contributed by atoms with van der Waals surface area (Å²) in [4.78, 5) is 104. The van der Waals surface area contributed by atoms with Crippen LogP contribution in [-0.2, 0) is 75.6 Å². The molecular weight excluding hydrogens is 929 g/mol. The zero-order valence-electron chi connectivity index (χ0n) is 39.1. The van der Waals surface area contributed by atoms with E-state index in [1.54, 1.807) is 35.2 Å². The summed E-state index contributed by atoms with van der Waals surface area (Å²) in [5.41, 5.74) is -0.00279. The second kappa shape index (κ2) is 27.7. The van der Waals surface area contributed by atoms with E-state index in [0.29, 0.717) is 0 Å². The number of nitrogens with one attached hydrogen (secondary N) is 1. The topological polar surface area (TPSA) is 266 Å². The minimum Gasteiger partial charge on any atom is -0.566 e.